The lowest BCUT2D eigenvalue weighted by Gasteiger charge is -2.06. The summed E-state index contributed by atoms with van der Waals surface area (Å²) in [5.41, 5.74) is 0.327. The zero-order chi connectivity index (χ0) is 15.5. The van der Waals surface area contributed by atoms with Gasteiger partial charge in [0.25, 0.3) is 0 Å². The van der Waals surface area contributed by atoms with Crippen molar-refractivity contribution < 1.29 is 17.6 Å². The van der Waals surface area contributed by atoms with Gasteiger partial charge in [-0.25, -0.2) is 12.8 Å². The van der Waals surface area contributed by atoms with Crippen molar-refractivity contribution in [2.45, 2.75) is 4.90 Å². The lowest BCUT2D eigenvalue weighted by atomic mass is 10.3. The second-order valence-electron chi connectivity index (χ2n) is 4.27. The largest absolute Gasteiger partial charge is 0.325 e. The molecule has 1 N–H and O–H groups in total. The van der Waals surface area contributed by atoms with Gasteiger partial charge in [0, 0.05) is 10.7 Å². The van der Waals surface area contributed by atoms with E-state index >= 15 is 0 Å². The van der Waals surface area contributed by atoms with Gasteiger partial charge < -0.3 is 5.32 Å². The van der Waals surface area contributed by atoms with Crippen molar-refractivity contribution in [2.24, 2.45) is 0 Å². The topological polar surface area (TPSA) is 63.2 Å². The molecule has 0 aliphatic heterocycles. The molecule has 0 atom stereocenters. The standard InChI is InChI=1S/C14H11ClFNO3S/c15-10-1-7-13(8-2-10)21(19,20)9-14(18)17-12-5-3-11(16)4-6-12/h1-8H,9H2,(H,17,18). The Labute approximate surface area is 126 Å². The summed E-state index contributed by atoms with van der Waals surface area (Å²) in [6.45, 7) is 0. The highest BCUT2D eigenvalue weighted by atomic mass is 35.5. The van der Waals surface area contributed by atoms with Crippen molar-refractivity contribution in [3.63, 3.8) is 0 Å². The smallest absolute Gasteiger partial charge is 0.239 e. The Morgan fingerprint density at radius 1 is 1.05 bits per heavy atom. The average molecular weight is 328 g/mol. The van der Waals surface area contributed by atoms with Crippen LogP contribution in [-0.2, 0) is 14.6 Å². The van der Waals surface area contributed by atoms with E-state index in [0.29, 0.717) is 10.7 Å². The van der Waals surface area contributed by atoms with Gasteiger partial charge in [-0.05, 0) is 48.5 Å². The molecule has 2 aromatic carbocycles. The fourth-order valence-electron chi connectivity index (χ4n) is 1.63. The van der Waals surface area contributed by atoms with E-state index in [-0.39, 0.29) is 4.90 Å². The maximum atomic E-state index is 12.7. The van der Waals surface area contributed by atoms with E-state index in [4.69, 9.17) is 11.6 Å². The van der Waals surface area contributed by atoms with Crippen molar-refractivity contribution in [1.82, 2.24) is 0 Å². The van der Waals surface area contributed by atoms with Gasteiger partial charge in [0.2, 0.25) is 5.91 Å². The van der Waals surface area contributed by atoms with E-state index in [1.165, 1.54) is 48.5 Å². The SMILES string of the molecule is O=C(CS(=O)(=O)c1ccc(Cl)cc1)Nc1ccc(F)cc1. The maximum absolute atomic E-state index is 12.7. The molecule has 7 heteroatoms. The molecule has 2 aromatic rings. The second kappa shape index (κ2) is 6.24. The Morgan fingerprint density at radius 2 is 1.62 bits per heavy atom. The van der Waals surface area contributed by atoms with Crippen LogP contribution in [0.3, 0.4) is 0 Å². The minimum Gasteiger partial charge on any atom is -0.325 e. The van der Waals surface area contributed by atoms with Gasteiger partial charge in [-0.2, -0.15) is 0 Å². The number of benzene rings is 2. The van der Waals surface area contributed by atoms with Gasteiger partial charge in [0.1, 0.15) is 11.6 Å². The number of nitrogens with one attached hydrogen (secondary N) is 1. The van der Waals surface area contributed by atoms with Crippen LogP contribution in [0.4, 0.5) is 10.1 Å². The Kier molecular flexibility index (Phi) is 4.59. The van der Waals surface area contributed by atoms with Gasteiger partial charge in [-0.3, -0.25) is 4.79 Å². The number of carbonyl (C=O) groups is 1. The summed E-state index contributed by atoms with van der Waals surface area (Å²) in [4.78, 5) is 11.8. The van der Waals surface area contributed by atoms with Crippen LogP contribution >= 0.6 is 11.6 Å². The Morgan fingerprint density at radius 3 is 2.19 bits per heavy atom. The third kappa shape index (κ3) is 4.27. The molecule has 0 saturated carbocycles. The summed E-state index contributed by atoms with van der Waals surface area (Å²) < 4.78 is 36.8. The van der Waals surface area contributed by atoms with E-state index in [9.17, 15) is 17.6 Å². The number of sulfone groups is 1. The molecule has 0 radical (unpaired) electrons. The van der Waals surface area contributed by atoms with E-state index < -0.39 is 27.3 Å². The number of hydrogen-bond acceptors (Lipinski definition) is 3. The van der Waals surface area contributed by atoms with Gasteiger partial charge in [-0.1, -0.05) is 11.6 Å². The first-order valence-corrected chi connectivity index (χ1v) is 7.93. The maximum Gasteiger partial charge on any atom is 0.239 e. The van der Waals surface area contributed by atoms with Gasteiger partial charge in [0.15, 0.2) is 9.84 Å². The minimum absolute atomic E-state index is 0.0150. The molecule has 4 nitrogen and oxygen atoms in total. The molecule has 0 heterocycles. The van der Waals surface area contributed by atoms with Crippen LogP contribution in [0, 0.1) is 5.82 Å². The van der Waals surface area contributed by atoms with Crippen molar-refractivity contribution >= 4 is 33.0 Å². The number of amides is 1. The van der Waals surface area contributed by atoms with Crippen LogP contribution in [0.15, 0.2) is 53.4 Å². The van der Waals surface area contributed by atoms with E-state index in [1.807, 2.05) is 0 Å². The highest BCUT2D eigenvalue weighted by Gasteiger charge is 2.19. The molecular formula is C14H11ClFNO3S. The summed E-state index contributed by atoms with van der Waals surface area (Å²) >= 11 is 5.68. The van der Waals surface area contributed by atoms with Crippen LogP contribution < -0.4 is 5.32 Å². The van der Waals surface area contributed by atoms with Crippen LogP contribution in [-0.4, -0.2) is 20.1 Å². The fraction of sp³-hybridized carbons (Fsp3) is 0.0714. The van der Waals surface area contributed by atoms with Crippen molar-refractivity contribution in [1.29, 1.82) is 0 Å². The van der Waals surface area contributed by atoms with Crippen LogP contribution in [0.2, 0.25) is 5.02 Å². The average Bonchev–Trinajstić information content (AvgIpc) is 2.41. The summed E-state index contributed by atoms with van der Waals surface area (Å²) in [6, 6.07) is 10.6. The Bertz CT molecular complexity index is 743. The first kappa shape index (κ1) is 15.5. The lowest BCUT2D eigenvalue weighted by Crippen LogP contribution is -2.23. The minimum atomic E-state index is -3.75. The number of hydrogen-bond donors (Lipinski definition) is 1. The summed E-state index contributed by atoms with van der Waals surface area (Å²) in [6.07, 6.45) is 0. The first-order valence-electron chi connectivity index (χ1n) is 5.90. The zero-order valence-corrected chi connectivity index (χ0v) is 12.3. The van der Waals surface area contributed by atoms with Crippen LogP contribution in [0.5, 0.6) is 0 Å². The molecule has 0 spiro atoms. The Balaban J connectivity index is 2.07. The summed E-state index contributed by atoms with van der Waals surface area (Å²) in [5, 5.41) is 2.80. The monoisotopic (exact) mass is 327 g/mol. The molecule has 0 aromatic heterocycles. The van der Waals surface area contributed by atoms with Gasteiger partial charge in [-0.15, -0.1) is 0 Å². The number of halogens is 2. The molecule has 0 fully saturated rings. The number of carbonyl (C=O) groups excluding carboxylic acids is 1. The molecule has 110 valence electrons. The molecule has 0 saturated heterocycles. The molecule has 21 heavy (non-hydrogen) atoms. The molecule has 0 unspecified atom stereocenters. The van der Waals surface area contributed by atoms with Crippen molar-refractivity contribution in [3.05, 3.63) is 59.4 Å². The molecular weight excluding hydrogens is 317 g/mol. The number of anilines is 1. The van der Waals surface area contributed by atoms with E-state index in [1.54, 1.807) is 0 Å². The third-order valence-corrected chi connectivity index (χ3v) is 4.51. The highest BCUT2D eigenvalue weighted by molar-refractivity contribution is 7.92. The lowest BCUT2D eigenvalue weighted by molar-refractivity contribution is -0.113. The molecule has 0 aliphatic rings. The summed E-state index contributed by atoms with van der Waals surface area (Å²) in [7, 11) is -3.75. The molecule has 1 amide bonds. The molecule has 0 aliphatic carbocycles. The first-order chi connectivity index (χ1) is 9.87. The predicted octanol–water partition coefficient (Wildman–Crippen LogP) is 2.89. The highest BCUT2D eigenvalue weighted by Crippen LogP contribution is 2.16. The predicted molar refractivity (Wildman–Crippen MR) is 78.5 cm³/mol. The Hall–Kier alpha value is -1.92. The quantitative estimate of drug-likeness (QED) is 0.939. The normalized spacial score (nSPS) is 11.1. The zero-order valence-electron chi connectivity index (χ0n) is 10.7. The van der Waals surface area contributed by atoms with E-state index in [0.717, 1.165) is 0 Å². The van der Waals surface area contributed by atoms with Crippen LogP contribution in [0.1, 0.15) is 0 Å². The summed E-state index contributed by atoms with van der Waals surface area (Å²) in [5.74, 6) is -1.84. The number of rotatable bonds is 4. The van der Waals surface area contributed by atoms with Crippen molar-refractivity contribution in [2.75, 3.05) is 11.1 Å². The van der Waals surface area contributed by atoms with Gasteiger partial charge >= 0.3 is 0 Å². The fourth-order valence-corrected chi connectivity index (χ4v) is 2.89. The molecule has 0 bridgehead atoms. The van der Waals surface area contributed by atoms with Crippen molar-refractivity contribution in [3.8, 4) is 0 Å². The van der Waals surface area contributed by atoms with Gasteiger partial charge in [0.05, 0.1) is 4.90 Å². The van der Waals surface area contributed by atoms with E-state index in [2.05, 4.69) is 5.32 Å². The second-order valence-corrected chi connectivity index (χ2v) is 6.69. The van der Waals surface area contributed by atoms with Crippen LogP contribution in [0.25, 0.3) is 0 Å². The molecule has 2 rings (SSSR count). The third-order valence-electron chi connectivity index (χ3n) is 2.62.